The Bertz CT molecular complexity index is 309. The highest BCUT2D eigenvalue weighted by Crippen LogP contribution is 1.99. The molecule has 0 saturated heterocycles. The van der Waals surface area contributed by atoms with E-state index in [4.69, 9.17) is 5.11 Å². The lowest BCUT2D eigenvalue weighted by Crippen LogP contribution is -2.31. The zero-order valence-corrected chi connectivity index (χ0v) is 8.32. The monoisotopic (exact) mass is 217 g/mol. The van der Waals surface area contributed by atoms with E-state index in [9.17, 15) is 8.78 Å². The van der Waals surface area contributed by atoms with Crippen LogP contribution in [-0.2, 0) is 6.54 Å². The molecule has 0 radical (unpaired) electrons. The molecule has 2 N–H and O–H groups in total. The first kappa shape index (κ1) is 11.9. The summed E-state index contributed by atoms with van der Waals surface area (Å²) in [5.41, 5.74) is 0.712. The van der Waals surface area contributed by atoms with Gasteiger partial charge in [0.2, 0.25) is 0 Å². The maximum atomic E-state index is 11.9. The largest absolute Gasteiger partial charge is 0.386 e. The van der Waals surface area contributed by atoms with E-state index in [1.807, 2.05) is 0 Å². The van der Waals surface area contributed by atoms with Gasteiger partial charge >= 0.3 is 0 Å². The van der Waals surface area contributed by atoms with E-state index in [1.165, 1.54) is 0 Å². The molecule has 0 aromatic carbocycles. The average molecular weight is 217 g/mol. The standard InChI is InChI=1S/C9H13F2N3O/c1-6-13-3-2-7(14-6)4-12-5-8(15)9(10)11/h2-3,8-9,12,15H,4-5H2,1H3. The second-order valence-electron chi connectivity index (χ2n) is 3.13. The van der Waals surface area contributed by atoms with Gasteiger partial charge in [-0.3, -0.25) is 0 Å². The van der Waals surface area contributed by atoms with Crippen molar-refractivity contribution in [1.82, 2.24) is 15.3 Å². The first-order valence-corrected chi connectivity index (χ1v) is 4.55. The second-order valence-corrected chi connectivity index (χ2v) is 3.13. The van der Waals surface area contributed by atoms with E-state index < -0.39 is 12.5 Å². The third-order valence-corrected chi connectivity index (χ3v) is 1.78. The Hall–Kier alpha value is -1.14. The van der Waals surface area contributed by atoms with E-state index in [-0.39, 0.29) is 6.54 Å². The number of hydrogen-bond donors (Lipinski definition) is 2. The summed E-state index contributed by atoms with van der Waals surface area (Å²) in [7, 11) is 0. The van der Waals surface area contributed by atoms with Crippen LogP contribution in [0.15, 0.2) is 12.3 Å². The molecule has 84 valence electrons. The highest BCUT2D eigenvalue weighted by Gasteiger charge is 2.15. The number of aliphatic hydroxyl groups excluding tert-OH is 1. The molecule has 1 atom stereocenters. The van der Waals surface area contributed by atoms with Crippen LogP contribution >= 0.6 is 0 Å². The topological polar surface area (TPSA) is 58.0 Å². The molecule has 1 unspecified atom stereocenters. The highest BCUT2D eigenvalue weighted by atomic mass is 19.3. The summed E-state index contributed by atoms with van der Waals surface area (Å²) in [4.78, 5) is 7.98. The number of halogens is 2. The number of rotatable bonds is 5. The van der Waals surface area contributed by atoms with Crippen molar-refractivity contribution < 1.29 is 13.9 Å². The number of nitrogens with one attached hydrogen (secondary N) is 1. The number of nitrogens with zero attached hydrogens (tertiary/aromatic N) is 2. The third-order valence-electron chi connectivity index (χ3n) is 1.78. The lowest BCUT2D eigenvalue weighted by molar-refractivity contribution is -0.00344. The van der Waals surface area contributed by atoms with Crippen molar-refractivity contribution in [3.8, 4) is 0 Å². The summed E-state index contributed by atoms with van der Waals surface area (Å²) in [6, 6.07) is 1.69. The Morgan fingerprint density at radius 3 is 2.87 bits per heavy atom. The van der Waals surface area contributed by atoms with Gasteiger partial charge < -0.3 is 10.4 Å². The van der Waals surface area contributed by atoms with E-state index >= 15 is 0 Å². The van der Waals surface area contributed by atoms with Crippen LogP contribution in [0.1, 0.15) is 11.5 Å². The number of hydrogen-bond acceptors (Lipinski definition) is 4. The van der Waals surface area contributed by atoms with E-state index in [2.05, 4.69) is 15.3 Å². The van der Waals surface area contributed by atoms with Gasteiger partial charge in [-0.2, -0.15) is 0 Å². The van der Waals surface area contributed by atoms with Crippen LogP contribution < -0.4 is 5.32 Å². The fourth-order valence-electron chi connectivity index (χ4n) is 1.04. The minimum Gasteiger partial charge on any atom is -0.386 e. The molecule has 1 heterocycles. The van der Waals surface area contributed by atoms with Gasteiger partial charge in [0.15, 0.2) is 0 Å². The fraction of sp³-hybridized carbons (Fsp3) is 0.556. The lowest BCUT2D eigenvalue weighted by Gasteiger charge is -2.10. The minimum atomic E-state index is -2.72. The third kappa shape index (κ3) is 4.26. The van der Waals surface area contributed by atoms with Crippen molar-refractivity contribution in [3.05, 3.63) is 23.8 Å². The van der Waals surface area contributed by atoms with Crippen molar-refractivity contribution >= 4 is 0 Å². The zero-order chi connectivity index (χ0) is 11.3. The molecule has 0 aliphatic rings. The summed E-state index contributed by atoms with van der Waals surface area (Å²) < 4.78 is 23.8. The molecule has 1 rings (SSSR count). The van der Waals surface area contributed by atoms with Gasteiger partial charge in [-0.05, 0) is 13.0 Å². The van der Waals surface area contributed by atoms with Crippen LogP contribution in [0, 0.1) is 6.92 Å². The van der Waals surface area contributed by atoms with Crippen molar-refractivity contribution in [2.75, 3.05) is 6.54 Å². The molecule has 0 aliphatic carbocycles. The minimum absolute atomic E-state index is 0.152. The molecule has 15 heavy (non-hydrogen) atoms. The molecule has 1 aromatic rings. The number of aromatic nitrogens is 2. The second kappa shape index (κ2) is 5.67. The molecule has 1 aromatic heterocycles. The van der Waals surface area contributed by atoms with Gasteiger partial charge in [-0.15, -0.1) is 0 Å². The predicted octanol–water partition coefficient (Wildman–Crippen LogP) is 0.501. The fourth-order valence-corrected chi connectivity index (χ4v) is 1.04. The van der Waals surface area contributed by atoms with Crippen LogP contribution in [0.4, 0.5) is 8.78 Å². The number of aliphatic hydroxyl groups is 1. The summed E-state index contributed by atoms with van der Waals surface area (Å²) >= 11 is 0. The lowest BCUT2D eigenvalue weighted by atomic mass is 10.3. The SMILES string of the molecule is Cc1nccc(CNCC(O)C(F)F)n1. The predicted molar refractivity (Wildman–Crippen MR) is 50.5 cm³/mol. The number of aryl methyl sites for hydroxylation is 1. The van der Waals surface area contributed by atoms with Crippen LogP contribution in [0.25, 0.3) is 0 Å². The Morgan fingerprint density at radius 1 is 1.53 bits per heavy atom. The van der Waals surface area contributed by atoms with E-state index in [0.29, 0.717) is 18.1 Å². The van der Waals surface area contributed by atoms with Crippen LogP contribution in [-0.4, -0.2) is 34.1 Å². The van der Waals surface area contributed by atoms with Gasteiger partial charge in [-0.25, -0.2) is 18.7 Å². The first-order chi connectivity index (χ1) is 7.09. The van der Waals surface area contributed by atoms with Gasteiger partial charge in [0.1, 0.15) is 11.9 Å². The average Bonchev–Trinajstić information content (AvgIpc) is 2.17. The normalized spacial score (nSPS) is 13.1. The van der Waals surface area contributed by atoms with Crippen molar-refractivity contribution in [1.29, 1.82) is 0 Å². The van der Waals surface area contributed by atoms with Gasteiger partial charge in [0, 0.05) is 19.3 Å². The van der Waals surface area contributed by atoms with Gasteiger partial charge in [0.25, 0.3) is 6.43 Å². The molecule has 0 fully saturated rings. The van der Waals surface area contributed by atoms with Crippen LogP contribution in [0.3, 0.4) is 0 Å². The van der Waals surface area contributed by atoms with Crippen LogP contribution in [0.2, 0.25) is 0 Å². The van der Waals surface area contributed by atoms with Gasteiger partial charge in [-0.1, -0.05) is 0 Å². The quantitative estimate of drug-likeness (QED) is 0.754. The Morgan fingerprint density at radius 2 is 2.27 bits per heavy atom. The molecule has 0 amide bonds. The summed E-state index contributed by atoms with van der Waals surface area (Å²) in [6.45, 7) is 1.94. The van der Waals surface area contributed by atoms with E-state index in [0.717, 1.165) is 0 Å². The molecular formula is C9H13F2N3O. The van der Waals surface area contributed by atoms with Crippen molar-refractivity contribution in [2.45, 2.75) is 26.0 Å². The molecule has 0 aliphatic heterocycles. The summed E-state index contributed by atoms with van der Waals surface area (Å²) in [6.07, 6.45) is -2.75. The molecular weight excluding hydrogens is 204 g/mol. The molecule has 6 heteroatoms. The molecule has 0 saturated carbocycles. The van der Waals surface area contributed by atoms with Crippen molar-refractivity contribution in [2.24, 2.45) is 0 Å². The summed E-state index contributed by atoms with van der Waals surface area (Å²) in [5.74, 6) is 0.628. The smallest absolute Gasteiger partial charge is 0.265 e. The van der Waals surface area contributed by atoms with Crippen molar-refractivity contribution in [3.63, 3.8) is 0 Å². The molecule has 4 nitrogen and oxygen atoms in total. The molecule has 0 bridgehead atoms. The molecule has 0 spiro atoms. The van der Waals surface area contributed by atoms with Crippen LogP contribution in [0.5, 0.6) is 0 Å². The highest BCUT2D eigenvalue weighted by molar-refractivity contribution is 5.00. The zero-order valence-electron chi connectivity index (χ0n) is 8.32. The maximum absolute atomic E-state index is 11.9. The first-order valence-electron chi connectivity index (χ1n) is 4.55. The Balaban J connectivity index is 2.32. The number of alkyl halides is 2. The summed E-state index contributed by atoms with van der Waals surface area (Å²) in [5, 5.41) is 11.5. The maximum Gasteiger partial charge on any atom is 0.265 e. The van der Waals surface area contributed by atoms with E-state index in [1.54, 1.807) is 19.2 Å². The Kier molecular flexibility index (Phi) is 4.51. The van der Waals surface area contributed by atoms with Gasteiger partial charge in [0.05, 0.1) is 5.69 Å². The Labute approximate surface area is 86.4 Å².